The van der Waals surface area contributed by atoms with E-state index < -0.39 is 0 Å². The van der Waals surface area contributed by atoms with Crippen molar-refractivity contribution in [2.45, 2.75) is 25.2 Å². The highest BCUT2D eigenvalue weighted by Gasteiger charge is 2.34. The van der Waals surface area contributed by atoms with E-state index in [1.807, 2.05) is 0 Å². The van der Waals surface area contributed by atoms with Gasteiger partial charge in [-0.25, -0.2) is 0 Å². The highest BCUT2D eigenvalue weighted by molar-refractivity contribution is 5.57. The molecule has 1 aromatic carbocycles. The fourth-order valence-electron chi connectivity index (χ4n) is 3.26. The summed E-state index contributed by atoms with van der Waals surface area (Å²) in [5.74, 6) is 1.79. The molecule has 1 heterocycles. The minimum atomic E-state index is 0.863. The van der Waals surface area contributed by atoms with E-state index in [0.717, 1.165) is 11.8 Å². The Hall–Kier alpha value is -0.980. The Kier molecular flexibility index (Phi) is 1.79. The Morgan fingerprint density at radius 1 is 1.21 bits per heavy atom. The van der Waals surface area contributed by atoms with Gasteiger partial charge in [0.05, 0.1) is 0 Å². The van der Waals surface area contributed by atoms with Crippen LogP contribution >= 0.6 is 0 Å². The third kappa shape index (κ3) is 1.08. The van der Waals surface area contributed by atoms with Gasteiger partial charge in [0.2, 0.25) is 0 Å². The molecule has 0 amide bonds. The van der Waals surface area contributed by atoms with Crippen molar-refractivity contribution in [3.8, 4) is 0 Å². The first-order valence-corrected chi connectivity index (χ1v) is 5.66. The van der Waals surface area contributed by atoms with Crippen molar-refractivity contribution in [2.24, 2.45) is 5.92 Å². The molecule has 0 unspecified atom stereocenters. The van der Waals surface area contributed by atoms with Crippen LogP contribution in [-0.4, -0.2) is 13.6 Å². The summed E-state index contributed by atoms with van der Waals surface area (Å²) in [6.07, 6.45) is 4.27. The van der Waals surface area contributed by atoms with E-state index in [1.165, 1.54) is 31.5 Å². The molecule has 2 atom stereocenters. The first-order valence-electron chi connectivity index (χ1n) is 5.66. The van der Waals surface area contributed by atoms with Gasteiger partial charge in [-0.1, -0.05) is 24.6 Å². The summed E-state index contributed by atoms with van der Waals surface area (Å²) >= 11 is 0. The van der Waals surface area contributed by atoms with E-state index >= 15 is 0 Å². The van der Waals surface area contributed by atoms with Gasteiger partial charge in [0, 0.05) is 19.3 Å². The quantitative estimate of drug-likeness (QED) is 0.603. The number of fused-ring (bicyclic) bond motifs is 3. The fourth-order valence-corrected chi connectivity index (χ4v) is 3.26. The van der Waals surface area contributed by atoms with E-state index in [0.29, 0.717) is 0 Å². The summed E-state index contributed by atoms with van der Waals surface area (Å²) in [6, 6.07) is 8.94. The normalized spacial score (nSPS) is 29.9. The van der Waals surface area contributed by atoms with E-state index in [9.17, 15) is 0 Å². The molecule has 0 aromatic heterocycles. The third-order valence-electron chi connectivity index (χ3n) is 3.91. The molecule has 14 heavy (non-hydrogen) atoms. The third-order valence-corrected chi connectivity index (χ3v) is 3.91. The smallest absolute Gasteiger partial charge is 0.0399 e. The highest BCUT2D eigenvalue weighted by Crippen LogP contribution is 2.46. The molecule has 1 aliphatic heterocycles. The summed E-state index contributed by atoms with van der Waals surface area (Å²) in [6.45, 7) is 1.27. The number of rotatable bonds is 0. The van der Waals surface area contributed by atoms with Crippen molar-refractivity contribution in [1.29, 1.82) is 0 Å². The minimum Gasteiger partial charge on any atom is -0.374 e. The van der Waals surface area contributed by atoms with Gasteiger partial charge in [-0.15, -0.1) is 0 Å². The summed E-state index contributed by atoms with van der Waals surface area (Å²) < 4.78 is 0. The molecular weight excluding hydrogens is 170 g/mol. The molecule has 1 saturated carbocycles. The molecule has 0 saturated heterocycles. The Labute approximate surface area is 85.7 Å². The van der Waals surface area contributed by atoms with Crippen molar-refractivity contribution < 1.29 is 0 Å². The minimum absolute atomic E-state index is 0.863. The predicted octanol–water partition coefficient (Wildman–Crippen LogP) is 3.02. The lowest BCUT2D eigenvalue weighted by Crippen LogP contribution is -2.32. The summed E-state index contributed by atoms with van der Waals surface area (Å²) in [5, 5.41) is 0. The van der Waals surface area contributed by atoms with Gasteiger partial charge < -0.3 is 4.90 Å². The number of anilines is 1. The Morgan fingerprint density at radius 3 is 3.00 bits per heavy atom. The zero-order chi connectivity index (χ0) is 9.54. The van der Waals surface area contributed by atoms with Gasteiger partial charge >= 0.3 is 0 Å². The maximum Gasteiger partial charge on any atom is 0.0399 e. The molecule has 2 aliphatic rings. The maximum atomic E-state index is 2.43. The summed E-state index contributed by atoms with van der Waals surface area (Å²) in [7, 11) is 2.23. The van der Waals surface area contributed by atoms with Crippen molar-refractivity contribution in [1.82, 2.24) is 0 Å². The van der Waals surface area contributed by atoms with Gasteiger partial charge in [0.1, 0.15) is 0 Å². The molecule has 74 valence electrons. The molecule has 1 aliphatic carbocycles. The SMILES string of the molecule is CN1C[C@@H]2CCC[C@@H]2c2ccccc21. The molecular formula is C13H17N. The second-order valence-corrected chi connectivity index (χ2v) is 4.74. The van der Waals surface area contributed by atoms with Gasteiger partial charge in [0.15, 0.2) is 0 Å². The van der Waals surface area contributed by atoms with Crippen LogP contribution in [-0.2, 0) is 0 Å². The standard InChI is InChI=1S/C13H17N/c1-14-9-10-5-4-7-11(10)12-6-2-3-8-13(12)14/h2-3,6,8,10-11H,4-5,7,9H2,1H3/t10-,11-/m0/s1. The first kappa shape index (κ1) is 8.34. The van der Waals surface area contributed by atoms with Crippen molar-refractivity contribution in [3.63, 3.8) is 0 Å². The molecule has 0 N–H and O–H groups in total. The fraction of sp³-hybridized carbons (Fsp3) is 0.538. The van der Waals surface area contributed by atoms with Crippen molar-refractivity contribution in [3.05, 3.63) is 29.8 Å². The van der Waals surface area contributed by atoms with Gasteiger partial charge in [0.25, 0.3) is 0 Å². The second kappa shape index (κ2) is 3.01. The van der Waals surface area contributed by atoms with E-state index in [1.54, 1.807) is 5.56 Å². The van der Waals surface area contributed by atoms with Gasteiger partial charge in [-0.2, -0.15) is 0 Å². The van der Waals surface area contributed by atoms with E-state index in [-0.39, 0.29) is 0 Å². The van der Waals surface area contributed by atoms with Gasteiger partial charge in [-0.3, -0.25) is 0 Å². The maximum absolute atomic E-state index is 2.43. The Balaban J connectivity index is 2.09. The van der Waals surface area contributed by atoms with E-state index in [4.69, 9.17) is 0 Å². The number of para-hydroxylation sites is 1. The molecule has 1 nitrogen and oxygen atoms in total. The molecule has 0 bridgehead atoms. The molecule has 0 radical (unpaired) electrons. The topological polar surface area (TPSA) is 3.24 Å². The Morgan fingerprint density at radius 2 is 2.07 bits per heavy atom. The molecule has 1 heteroatoms. The highest BCUT2D eigenvalue weighted by atomic mass is 15.1. The van der Waals surface area contributed by atoms with Crippen LogP contribution < -0.4 is 4.90 Å². The molecule has 3 rings (SSSR count). The van der Waals surface area contributed by atoms with Crippen LogP contribution in [0.25, 0.3) is 0 Å². The van der Waals surface area contributed by atoms with E-state index in [2.05, 4.69) is 36.2 Å². The monoisotopic (exact) mass is 187 g/mol. The largest absolute Gasteiger partial charge is 0.374 e. The molecule has 1 aromatic rings. The lowest BCUT2D eigenvalue weighted by molar-refractivity contribution is 0.465. The van der Waals surface area contributed by atoms with Crippen LogP contribution in [0.3, 0.4) is 0 Å². The number of benzene rings is 1. The molecule has 0 spiro atoms. The molecule has 1 fully saturated rings. The number of nitrogens with zero attached hydrogens (tertiary/aromatic N) is 1. The van der Waals surface area contributed by atoms with Crippen LogP contribution in [0.2, 0.25) is 0 Å². The van der Waals surface area contributed by atoms with Crippen LogP contribution in [0.4, 0.5) is 5.69 Å². The number of hydrogen-bond acceptors (Lipinski definition) is 1. The van der Waals surface area contributed by atoms with Crippen LogP contribution in [0.15, 0.2) is 24.3 Å². The van der Waals surface area contributed by atoms with Crippen molar-refractivity contribution >= 4 is 5.69 Å². The zero-order valence-electron chi connectivity index (χ0n) is 8.74. The van der Waals surface area contributed by atoms with Gasteiger partial charge in [-0.05, 0) is 36.3 Å². The summed E-state index contributed by atoms with van der Waals surface area (Å²) in [5.41, 5.74) is 3.07. The average Bonchev–Trinajstić information content (AvgIpc) is 2.66. The zero-order valence-corrected chi connectivity index (χ0v) is 8.74. The van der Waals surface area contributed by atoms with Crippen molar-refractivity contribution in [2.75, 3.05) is 18.5 Å². The Bertz CT molecular complexity index is 345. The van der Waals surface area contributed by atoms with Crippen LogP contribution in [0, 0.1) is 5.92 Å². The van der Waals surface area contributed by atoms with Crippen LogP contribution in [0.5, 0.6) is 0 Å². The average molecular weight is 187 g/mol. The lowest BCUT2D eigenvalue weighted by atomic mass is 9.84. The lowest BCUT2D eigenvalue weighted by Gasteiger charge is -2.36. The van der Waals surface area contributed by atoms with Crippen LogP contribution in [0.1, 0.15) is 30.7 Å². The first-order chi connectivity index (χ1) is 6.86. The predicted molar refractivity (Wildman–Crippen MR) is 59.8 cm³/mol. The second-order valence-electron chi connectivity index (χ2n) is 4.74. The summed E-state index contributed by atoms with van der Waals surface area (Å²) in [4.78, 5) is 2.43. The number of hydrogen-bond donors (Lipinski definition) is 0.